The number of ether oxygens (including phenoxy) is 3. The molecule has 244 valence electrons. The molecule has 4 aromatic carbocycles. The Morgan fingerprint density at radius 2 is 1.65 bits per heavy atom. The monoisotopic (exact) mass is 756 g/mol. The van der Waals surface area contributed by atoms with Crippen molar-refractivity contribution in [2.24, 2.45) is 5.92 Å². The van der Waals surface area contributed by atoms with E-state index in [0.29, 0.717) is 22.6 Å². The van der Waals surface area contributed by atoms with Gasteiger partial charge >= 0.3 is 11.9 Å². The van der Waals surface area contributed by atoms with E-state index in [2.05, 4.69) is 34.5 Å². The lowest BCUT2D eigenvalue weighted by molar-refractivity contribution is -0.180. The topological polar surface area (TPSA) is 114 Å². The minimum absolute atomic E-state index is 0.0681. The summed E-state index contributed by atoms with van der Waals surface area (Å²) >= 11 is 2.19. The first-order chi connectivity index (χ1) is 23.4. The second-order valence-electron chi connectivity index (χ2n) is 12.0. The Morgan fingerprint density at radius 1 is 0.938 bits per heavy atom. The number of rotatable bonds is 9. The predicted octanol–water partition coefficient (Wildman–Crippen LogP) is 5.66. The second-order valence-corrected chi connectivity index (χ2v) is 13.2. The Hall–Kier alpha value is -4.52. The fourth-order valence-corrected chi connectivity index (χ4v) is 8.19. The second kappa shape index (κ2) is 13.2. The minimum atomic E-state index is -1.62. The first-order valence-corrected chi connectivity index (χ1v) is 16.8. The van der Waals surface area contributed by atoms with Crippen LogP contribution in [0.1, 0.15) is 40.4 Å². The van der Waals surface area contributed by atoms with Gasteiger partial charge in [-0.1, -0.05) is 85.5 Å². The van der Waals surface area contributed by atoms with Crippen LogP contribution in [0.3, 0.4) is 0 Å². The zero-order chi connectivity index (χ0) is 33.4. The number of nitrogens with one attached hydrogen (secondary N) is 1. The van der Waals surface area contributed by atoms with Gasteiger partial charge in [-0.3, -0.25) is 19.3 Å². The average molecular weight is 757 g/mol. The zero-order valence-electron chi connectivity index (χ0n) is 25.8. The highest BCUT2D eigenvalue weighted by Crippen LogP contribution is 2.65. The quantitative estimate of drug-likeness (QED) is 0.128. The molecule has 1 amide bonds. The van der Waals surface area contributed by atoms with Crippen molar-refractivity contribution in [3.8, 4) is 5.75 Å². The molecule has 4 aromatic rings. The van der Waals surface area contributed by atoms with Gasteiger partial charge in [-0.05, 0) is 75.2 Å². The summed E-state index contributed by atoms with van der Waals surface area (Å²) in [5.74, 6) is -2.57. The van der Waals surface area contributed by atoms with Gasteiger partial charge in [0, 0.05) is 9.26 Å². The molecular weight excluding hydrogens is 723 g/mol. The number of morpholine rings is 1. The molecule has 3 aliphatic rings. The van der Waals surface area contributed by atoms with Crippen LogP contribution in [0.25, 0.3) is 0 Å². The van der Waals surface area contributed by atoms with Crippen molar-refractivity contribution in [2.75, 3.05) is 25.1 Å². The molecule has 7 rings (SSSR count). The van der Waals surface area contributed by atoms with Crippen molar-refractivity contribution < 1.29 is 33.7 Å². The zero-order valence-corrected chi connectivity index (χ0v) is 28.0. The Balaban J connectivity index is 1.56. The minimum Gasteiger partial charge on any atom is -0.491 e. The highest BCUT2D eigenvalue weighted by Gasteiger charge is 2.74. The van der Waals surface area contributed by atoms with Crippen LogP contribution in [0.4, 0.5) is 5.69 Å². The molecule has 2 N–H and O–H groups in total. The number of anilines is 1. The maximum Gasteiger partial charge on any atom is 0.325 e. The number of cyclic esters (lactones) is 1. The van der Waals surface area contributed by atoms with E-state index in [1.165, 1.54) is 6.08 Å². The fourth-order valence-electron chi connectivity index (χ4n) is 7.70. The van der Waals surface area contributed by atoms with Gasteiger partial charge in [-0.15, -0.1) is 0 Å². The molecule has 0 aromatic heterocycles. The molecule has 0 saturated carbocycles. The summed E-state index contributed by atoms with van der Waals surface area (Å²) in [6.07, 6.45) is 0.688. The van der Waals surface area contributed by atoms with E-state index < -0.39 is 53.4 Å². The summed E-state index contributed by atoms with van der Waals surface area (Å²) in [6.45, 7) is 3.49. The Labute approximate surface area is 291 Å². The molecule has 6 unspecified atom stereocenters. The number of benzene rings is 4. The van der Waals surface area contributed by atoms with Gasteiger partial charge in [-0.2, -0.15) is 0 Å². The molecule has 9 nitrogen and oxygen atoms in total. The molecular formula is C38H33IN2O7. The standard InChI is InChI=1S/C38H33IN2O7/c1-2-19-47-35(43)30-32-36(44)48-33(24-12-7-4-8-13-24)31(23-10-5-3-6-11-23)41(32)34(25-14-9-15-27(21-25)46-20-18-42)38(30)28-22-26(39)16-17-29(28)40-37(38)45/h2-17,21-22,30-34,42H,1,18-20H2,(H,40,45). The number of amides is 1. The first kappa shape index (κ1) is 32.0. The summed E-state index contributed by atoms with van der Waals surface area (Å²) in [5.41, 5.74) is 1.80. The Bertz CT molecular complexity index is 1870. The SMILES string of the molecule is C=CCOC(=O)C1C2C(=O)OC(c3ccccc3)C(c3ccccc3)N2C(c2cccc(OCCO)c2)C12C(=O)Nc1ccc(I)cc12. The number of aliphatic hydroxyl groups excluding tert-OH is 1. The molecule has 2 fully saturated rings. The first-order valence-electron chi connectivity index (χ1n) is 15.7. The van der Waals surface area contributed by atoms with Crippen LogP contribution in [-0.4, -0.2) is 53.7 Å². The average Bonchev–Trinajstić information content (AvgIpc) is 3.59. The molecule has 0 aliphatic carbocycles. The van der Waals surface area contributed by atoms with E-state index >= 15 is 0 Å². The number of fused-ring (bicyclic) bond motifs is 3. The van der Waals surface area contributed by atoms with E-state index in [1.54, 1.807) is 6.07 Å². The molecule has 1 spiro atoms. The maximum absolute atomic E-state index is 14.9. The van der Waals surface area contributed by atoms with Crippen LogP contribution < -0.4 is 10.1 Å². The van der Waals surface area contributed by atoms with Gasteiger partial charge in [0.15, 0.2) is 0 Å². The number of halogens is 1. The van der Waals surface area contributed by atoms with Crippen molar-refractivity contribution in [1.82, 2.24) is 4.90 Å². The van der Waals surface area contributed by atoms with Crippen LogP contribution in [0.5, 0.6) is 5.75 Å². The number of carbonyl (C=O) groups excluding carboxylic acids is 3. The number of hydrogen-bond donors (Lipinski definition) is 2. The third-order valence-corrected chi connectivity index (χ3v) is 10.1. The Kier molecular flexibility index (Phi) is 8.80. The van der Waals surface area contributed by atoms with E-state index in [4.69, 9.17) is 14.2 Å². The number of carbonyl (C=O) groups is 3. The largest absolute Gasteiger partial charge is 0.491 e. The molecule has 0 bridgehead atoms. The highest BCUT2D eigenvalue weighted by atomic mass is 127. The van der Waals surface area contributed by atoms with Crippen molar-refractivity contribution in [3.63, 3.8) is 0 Å². The summed E-state index contributed by atoms with van der Waals surface area (Å²) in [6, 6.07) is 29.4. The molecule has 10 heteroatoms. The summed E-state index contributed by atoms with van der Waals surface area (Å²) in [7, 11) is 0. The van der Waals surface area contributed by atoms with Crippen LogP contribution in [0, 0.1) is 9.49 Å². The third kappa shape index (κ3) is 5.19. The number of hydrogen-bond acceptors (Lipinski definition) is 8. The highest BCUT2D eigenvalue weighted by molar-refractivity contribution is 14.1. The molecule has 48 heavy (non-hydrogen) atoms. The van der Waals surface area contributed by atoms with Crippen molar-refractivity contribution in [3.05, 3.63) is 142 Å². The predicted molar refractivity (Wildman–Crippen MR) is 186 cm³/mol. The number of nitrogens with zero attached hydrogens (tertiary/aromatic N) is 1. The van der Waals surface area contributed by atoms with Crippen molar-refractivity contribution >= 4 is 46.1 Å². The summed E-state index contributed by atoms with van der Waals surface area (Å²) in [4.78, 5) is 45.9. The van der Waals surface area contributed by atoms with Crippen LogP contribution in [0.2, 0.25) is 0 Å². The molecule has 6 atom stereocenters. The Morgan fingerprint density at radius 3 is 2.35 bits per heavy atom. The van der Waals surface area contributed by atoms with Gasteiger partial charge in [0.1, 0.15) is 42.4 Å². The van der Waals surface area contributed by atoms with Gasteiger partial charge in [-0.25, -0.2) is 0 Å². The summed E-state index contributed by atoms with van der Waals surface area (Å²) < 4.78 is 18.8. The van der Waals surface area contributed by atoms with Crippen molar-refractivity contribution in [1.29, 1.82) is 0 Å². The lowest BCUT2D eigenvalue weighted by atomic mass is 9.65. The van der Waals surface area contributed by atoms with E-state index in [-0.39, 0.29) is 19.8 Å². The lowest BCUT2D eigenvalue weighted by Crippen LogP contribution is -2.52. The molecule has 3 heterocycles. The smallest absolute Gasteiger partial charge is 0.325 e. The molecule has 0 radical (unpaired) electrons. The fraction of sp³-hybridized carbons (Fsp3) is 0.237. The molecule has 2 saturated heterocycles. The van der Waals surface area contributed by atoms with Gasteiger partial charge in [0.2, 0.25) is 5.91 Å². The van der Waals surface area contributed by atoms with Crippen molar-refractivity contribution in [2.45, 2.75) is 29.6 Å². The molecule has 3 aliphatic heterocycles. The van der Waals surface area contributed by atoms with Gasteiger partial charge in [0.05, 0.1) is 18.7 Å². The van der Waals surface area contributed by atoms with Crippen LogP contribution in [0.15, 0.2) is 116 Å². The van der Waals surface area contributed by atoms with E-state index in [9.17, 15) is 19.5 Å². The van der Waals surface area contributed by atoms with Gasteiger partial charge in [0.25, 0.3) is 0 Å². The lowest BCUT2D eigenvalue weighted by Gasteiger charge is -2.46. The third-order valence-electron chi connectivity index (χ3n) is 9.40. The number of aliphatic hydroxyl groups is 1. The number of esters is 2. The normalized spacial score (nSPS) is 25.9. The van der Waals surface area contributed by atoms with E-state index in [1.807, 2.05) is 102 Å². The van der Waals surface area contributed by atoms with Gasteiger partial charge < -0.3 is 24.6 Å². The van der Waals surface area contributed by atoms with Crippen LogP contribution in [-0.2, 0) is 29.3 Å². The summed E-state index contributed by atoms with van der Waals surface area (Å²) in [5, 5.41) is 12.6. The van der Waals surface area contributed by atoms with E-state index in [0.717, 1.165) is 14.7 Å². The maximum atomic E-state index is 14.9. The van der Waals surface area contributed by atoms with Crippen LogP contribution >= 0.6 is 22.6 Å².